The van der Waals surface area contributed by atoms with Crippen LogP contribution < -0.4 is 5.32 Å². The Balaban J connectivity index is 1.78. The molecule has 1 saturated carbocycles. The Bertz CT molecular complexity index is 292. The molecule has 0 bridgehead atoms. The van der Waals surface area contributed by atoms with Gasteiger partial charge in [0.2, 0.25) is 0 Å². The van der Waals surface area contributed by atoms with Crippen molar-refractivity contribution in [1.82, 2.24) is 5.32 Å². The van der Waals surface area contributed by atoms with E-state index in [2.05, 4.69) is 12.2 Å². The molecule has 1 N–H and O–H groups in total. The van der Waals surface area contributed by atoms with Gasteiger partial charge in [-0.1, -0.05) is 6.92 Å². The lowest BCUT2D eigenvalue weighted by Crippen LogP contribution is -2.15. The standard InChI is InChI=1S/C12H19NO2/c1-2-6-14-9-10-5-7-15-12(10)8-13-11-3-4-11/h5,7,11,13H,2-4,6,8-9H2,1H3. The summed E-state index contributed by atoms with van der Waals surface area (Å²) in [5.74, 6) is 1.03. The second-order valence-electron chi connectivity index (χ2n) is 4.08. The highest BCUT2D eigenvalue weighted by Crippen LogP contribution is 2.20. The van der Waals surface area contributed by atoms with Gasteiger partial charge in [-0.25, -0.2) is 0 Å². The zero-order valence-corrected chi connectivity index (χ0v) is 9.29. The van der Waals surface area contributed by atoms with Crippen LogP contribution in [0.5, 0.6) is 0 Å². The molecule has 1 heterocycles. The van der Waals surface area contributed by atoms with Crippen LogP contribution in [0.4, 0.5) is 0 Å². The molecule has 0 amide bonds. The van der Waals surface area contributed by atoms with E-state index in [-0.39, 0.29) is 0 Å². The normalized spacial score (nSPS) is 15.8. The summed E-state index contributed by atoms with van der Waals surface area (Å²) in [6.45, 7) is 4.44. The average molecular weight is 209 g/mol. The molecule has 3 heteroatoms. The molecule has 1 aromatic rings. The highest BCUT2D eigenvalue weighted by atomic mass is 16.5. The SMILES string of the molecule is CCCOCc1ccoc1CNC1CC1. The van der Waals surface area contributed by atoms with Crippen molar-refractivity contribution in [2.45, 2.75) is 45.4 Å². The van der Waals surface area contributed by atoms with E-state index in [9.17, 15) is 0 Å². The van der Waals surface area contributed by atoms with Crippen LogP contribution in [0, 0.1) is 0 Å². The van der Waals surface area contributed by atoms with Crippen LogP contribution in [0.25, 0.3) is 0 Å². The van der Waals surface area contributed by atoms with Crippen molar-refractivity contribution in [1.29, 1.82) is 0 Å². The predicted molar refractivity (Wildman–Crippen MR) is 58.5 cm³/mol. The van der Waals surface area contributed by atoms with Crippen molar-refractivity contribution in [3.8, 4) is 0 Å². The van der Waals surface area contributed by atoms with Gasteiger partial charge in [0, 0.05) is 18.2 Å². The maximum Gasteiger partial charge on any atom is 0.123 e. The molecule has 3 nitrogen and oxygen atoms in total. The third-order valence-electron chi connectivity index (χ3n) is 2.57. The third kappa shape index (κ3) is 3.36. The summed E-state index contributed by atoms with van der Waals surface area (Å²) in [6.07, 6.45) is 5.42. The summed E-state index contributed by atoms with van der Waals surface area (Å²) in [6, 6.07) is 2.72. The lowest BCUT2D eigenvalue weighted by Gasteiger charge is -2.04. The first-order valence-electron chi connectivity index (χ1n) is 5.76. The summed E-state index contributed by atoms with van der Waals surface area (Å²) in [7, 11) is 0. The second-order valence-corrected chi connectivity index (χ2v) is 4.08. The van der Waals surface area contributed by atoms with Gasteiger partial charge in [0.05, 0.1) is 19.4 Å². The number of rotatable bonds is 7. The largest absolute Gasteiger partial charge is 0.468 e. The number of furan rings is 1. The minimum atomic E-state index is 0.673. The fourth-order valence-corrected chi connectivity index (χ4v) is 1.50. The molecule has 15 heavy (non-hydrogen) atoms. The Kier molecular flexibility index (Phi) is 3.80. The van der Waals surface area contributed by atoms with E-state index >= 15 is 0 Å². The fraction of sp³-hybridized carbons (Fsp3) is 0.667. The minimum Gasteiger partial charge on any atom is -0.468 e. The molecule has 0 radical (unpaired) electrons. The number of nitrogens with one attached hydrogen (secondary N) is 1. The van der Waals surface area contributed by atoms with Gasteiger partial charge in [-0.05, 0) is 25.3 Å². The van der Waals surface area contributed by atoms with Gasteiger partial charge in [0.1, 0.15) is 5.76 Å². The summed E-state index contributed by atoms with van der Waals surface area (Å²) < 4.78 is 10.9. The molecule has 1 aromatic heterocycles. The van der Waals surface area contributed by atoms with Crippen LogP contribution >= 0.6 is 0 Å². The number of hydrogen-bond donors (Lipinski definition) is 1. The number of hydrogen-bond acceptors (Lipinski definition) is 3. The molecule has 0 saturated heterocycles. The Morgan fingerprint density at radius 3 is 3.13 bits per heavy atom. The average Bonchev–Trinajstić information content (AvgIpc) is 2.97. The maximum atomic E-state index is 5.50. The van der Waals surface area contributed by atoms with Crippen LogP contribution in [0.3, 0.4) is 0 Å². The van der Waals surface area contributed by atoms with E-state index in [1.54, 1.807) is 6.26 Å². The Morgan fingerprint density at radius 2 is 2.40 bits per heavy atom. The quantitative estimate of drug-likeness (QED) is 0.700. The van der Waals surface area contributed by atoms with Gasteiger partial charge in [0.15, 0.2) is 0 Å². The fourth-order valence-electron chi connectivity index (χ4n) is 1.50. The zero-order valence-electron chi connectivity index (χ0n) is 9.29. The van der Waals surface area contributed by atoms with Crippen molar-refractivity contribution < 1.29 is 9.15 Å². The van der Waals surface area contributed by atoms with Crippen LogP contribution in [-0.2, 0) is 17.9 Å². The monoisotopic (exact) mass is 209 g/mol. The summed E-state index contributed by atoms with van der Waals surface area (Å²) in [4.78, 5) is 0. The molecular weight excluding hydrogens is 190 g/mol. The summed E-state index contributed by atoms with van der Waals surface area (Å²) in [5.41, 5.74) is 1.18. The van der Waals surface area contributed by atoms with Crippen LogP contribution in [0.1, 0.15) is 37.5 Å². The summed E-state index contributed by atoms with van der Waals surface area (Å²) >= 11 is 0. The molecule has 1 aliphatic rings. The van der Waals surface area contributed by atoms with E-state index < -0.39 is 0 Å². The first-order chi connectivity index (χ1) is 7.40. The van der Waals surface area contributed by atoms with E-state index in [1.807, 2.05) is 6.07 Å². The van der Waals surface area contributed by atoms with Gasteiger partial charge >= 0.3 is 0 Å². The Labute approximate surface area is 90.8 Å². The lowest BCUT2D eigenvalue weighted by atomic mass is 10.2. The highest BCUT2D eigenvalue weighted by Gasteiger charge is 2.21. The molecule has 1 aliphatic carbocycles. The minimum absolute atomic E-state index is 0.673. The molecule has 0 unspecified atom stereocenters. The maximum absolute atomic E-state index is 5.50. The Morgan fingerprint density at radius 1 is 1.53 bits per heavy atom. The topological polar surface area (TPSA) is 34.4 Å². The van der Waals surface area contributed by atoms with Gasteiger partial charge in [0.25, 0.3) is 0 Å². The molecular formula is C12H19NO2. The van der Waals surface area contributed by atoms with Crippen molar-refractivity contribution in [2.24, 2.45) is 0 Å². The van der Waals surface area contributed by atoms with E-state index in [1.165, 1.54) is 18.4 Å². The van der Waals surface area contributed by atoms with Gasteiger partial charge < -0.3 is 14.5 Å². The highest BCUT2D eigenvalue weighted by molar-refractivity contribution is 5.16. The van der Waals surface area contributed by atoms with Gasteiger partial charge in [-0.15, -0.1) is 0 Å². The molecule has 0 atom stereocenters. The van der Waals surface area contributed by atoms with E-state index in [0.717, 1.165) is 31.4 Å². The van der Waals surface area contributed by atoms with Crippen LogP contribution in [0.2, 0.25) is 0 Å². The van der Waals surface area contributed by atoms with Crippen LogP contribution in [-0.4, -0.2) is 12.6 Å². The van der Waals surface area contributed by atoms with E-state index in [4.69, 9.17) is 9.15 Å². The summed E-state index contributed by atoms with van der Waals surface area (Å²) in [5, 5.41) is 3.44. The third-order valence-corrected chi connectivity index (χ3v) is 2.57. The van der Waals surface area contributed by atoms with E-state index in [0.29, 0.717) is 6.61 Å². The smallest absolute Gasteiger partial charge is 0.123 e. The van der Waals surface area contributed by atoms with Crippen LogP contribution in [0.15, 0.2) is 16.7 Å². The van der Waals surface area contributed by atoms with Crippen molar-refractivity contribution in [3.63, 3.8) is 0 Å². The molecule has 1 fully saturated rings. The second kappa shape index (κ2) is 5.33. The molecule has 2 rings (SSSR count). The predicted octanol–water partition coefficient (Wildman–Crippen LogP) is 2.46. The zero-order chi connectivity index (χ0) is 10.5. The first kappa shape index (κ1) is 10.7. The van der Waals surface area contributed by atoms with Crippen molar-refractivity contribution in [2.75, 3.05) is 6.61 Å². The molecule has 0 aliphatic heterocycles. The molecule has 84 valence electrons. The lowest BCUT2D eigenvalue weighted by molar-refractivity contribution is 0.120. The molecule has 0 spiro atoms. The first-order valence-corrected chi connectivity index (χ1v) is 5.76. The van der Waals surface area contributed by atoms with Crippen molar-refractivity contribution >= 4 is 0 Å². The number of ether oxygens (including phenoxy) is 1. The van der Waals surface area contributed by atoms with Crippen molar-refractivity contribution in [3.05, 3.63) is 23.7 Å². The Hall–Kier alpha value is -0.800. The van der Waals surface area contributed by atoms with Gasteiger partial charge in [-0.3, -0.25) is 0 Å². The molecule has 0 aromatic carbocycles. The van der Waals surface area contributed by atoms with Gasteiger partial charge in [-0.2, -0.15) is 0 Å².